The Labute approximate surface area is 230 Å². The number of sulfonamides is 1. The molecule has 0 radical (unpaired) electrons. The van der Waals surface area contributed by atoms with Crippen molar-refractivity contribution in [2.45, 2.75) is 51.6 Å². The number of carbonyl (C=O) groups is 2. The van der Waals surface area contributed by atoms with Crippen LogP contribution in [0, 0.1) is 20.8 Å². The molecule has 0 aliphatic rings. The maximum absolute atomic E-state index is 13.9. The fourth-order valence-electron chi connectivity index (χ4n) is 4.23. The molecule has 0 spiro atoms. The summed E-state index contributed by atoms with van der Waals surface area (Å²) in [6.07, 6.45) is 0.363. The Bertz CT molecular complexity index is 1390. The summed E-state index contributed by atoms with van der Waals surface area (Å²) >= 11 is 6.15. The van der Waals surface area contributed by atoms with Crippen molar-refractivity contribution in [1.82, 2.24) is 10.2 Å². The third-order valence-electron chi connectivity index (χ3n) is 6.42. The molecule has 3 rings (SSSR count). The zero-order valence-electron chi connectivity index (χ0n) is 22.4. The quantitative estimate of drug-likeness (QED) is 0.381. The maximum atomic E-state index is 13.9. The van der Waals surface area contributed by atoms with Gasteiger partial charge in [0.1, 0.15) is 12.6 Å². The van der Waals surface area contributed by atoms with Crippen LogP contribution in [0.15, 0.2) is 71.6 Å². The molecule has 7 nitrogen and oxygen atoms in total. The van der Waals surface area contributed by atoms with E-state index in [1.165, 1.54) is 24.1 Å². The van der Waals surface area contributed by atoms with Gasteiger partial charge in [-0.05, 0) is 68.7 Å². The molecule has 0 heterocycles. The van der Waals surface area contributed by atoms with E-state index in [4.69, 9.17) is 11.6 Å². The first-order valence-corrected chi connectivity index (χ1v) is 14.2. The fraction of sp³-hybridized carbons (Fsp3) is 0.310. The number of likely N-dealkylation sites (N-methyl/N-ethyl adjacent to an activating group) is 1. The predicted octanol–water partition coefficient (Wildman–Crippen LogP) is 5.01. The SMILES string of the molecule is CC[C@@H](C(=O)NC)N(Cc1ccc(C)cc1)C(=O)CN(c1ccc(Cl)cc1C)S(=O)(=O)c1ccc(C)cc1. The summed E-state index contributed by atoms with van der Waals surface area (Å²) in [6, 6.07) is 18.2. The van der Waals surface area contributed by atoms with Crippen molar-refractivity contribution < 1.29 is 18.0 Å². The van der Waals surface area contributed by atoms with Crippen LogP contribution in [0.5, 0.6) is 0 Å². The number of amides is 2. The van der Waals surface area contributed by atoms with Crippen LogP contribution in [0.4, 0.5) is 5.69 Å². The Morgan fingerprint density at radius 1 is 0.921 bits per heavy atom. The highest BCUT2D eigenvalue weighted by Gasteiger charge is 2.34. The molecule has 3 aromatic rings. The average Bonchev–Trinajstić information content (AvgIpc) is 2.88. The monoisotopic (exact) mass is 555 g/mol. The van der Waals surface area contributed by atoms with E-state index in [9.17, 15) is 18.0 Å². The van der Waals surface area contributed by atoms with Crippen molar-refractivity contribution in [3.8, 4) is 0 Å². The summed E-state index contributed by atoms with van der Waals surface area (Å²) in [7, 11) is -2.61. The van der Waals surface area contributed by atoms with Crippen LogP contribution >= 0.6 is 11.6 Å². The largest absolute Gasteiger partial charge is 0.357 e. The van der Waals surface area contributed by atoms with E-state index in [2.05, 4.69) is 5.32 Å². The molecule has 0 aliphatic heterocycles. The minimum Gasteiger partial charge on any atom is -0.357 e. The van der Waals surface area contributed by atoms with Crippen LogP contribution in [0.25, 0.3) is 0 Å². The number of rotatable bonds is 10. The lowest BCUT2D eigenvalue weighted by molar-refractivity contribution is -0.140. The average molecular weight is 556 g/mol. The third-order valence-corrected chi connectivity index (χ3v) is 8.43. The number of hydrogen-bond donors (Lipinski definition) is 1. The Hall–Kier alpha value is -3.36. The maximum Gasteiger partial charge on any atom is 0.264 e. The van der Waals surface area contributed by atoms with Gasteiger partial charge in [-0.2, -0.15) is 0 Å². The van der Waals surface area contributed by atoms with Crippen molar-refractivity contribution in [2.75, 3.05) is 17.9 Å². The van der Waals surface area contributed by atoms with E-state index in [1.54, 1.807) is 37.3 Å². The summed E-state index contributed by atoms with van der Waals surface area (Å²) in [5.41, 5.74) is 3.76. The Balaban J connectivity index is 2.09. The number of benzene rings is 3. The lowest BCUT2D eigenvalue weighted by Gasteiger charge is -2.33. The first-order chi connectivity index (χ1) is 18.0. The lowest BCUT2D eigenvalue weighted by Crippen LogP contribution is -2.51. The standard InChI is InChI=1S/C29H34ClN3O4S/c1-6-26(29(35)31-5)32(18-23-11-7-20(2)8-12-23)28(34)19-33(27-16-13-24(30)17-22(27)4)38(36,37)25-14-9-21(3)10-15-25/h7-17,26H,6,18-19H2,1-5H3,(H,31,35)/t26-/m0/s1. The number of aryl methyl sites for hydroxylation is 3. The summed E-state index contributed by atoms with van der Waals surface area (Å²) < 4.78 is 28.9. The van der Waals surface area contributed by atoms with Crippen LogP contribution in [0.1, 0.15) is 35.6 Å². The van der Waals surface area contributed by atoms with Crippen molar-refractivity contribution >= 4 is 39.1 Å². The van der Waals surface area contributed by atoms with Gasteiger partial charge in [-0.1, -0.05) is 66.0 Å². The first kappa shape index (κ1) is 29.2. The number of carbonyl (C=O) groups excluding carboxylic acids is 2. The van der Waals surface area contributed by atoms with E-state index in [0.29, 0.717) is 22.7 Å². The molecule has 0 saturated carbocycles. The highest BCUT2D eigenvalue weighted by molar-refractivity contribution is 7.92. The predicted molar refractivity (Wildman–Crippen MR) is 152 cm³/mol. The second kappa shape index (κ2) is 12.5. The smallest absolute Gasteiger partial charge is 0.264 e. The van der Waals surface area contributed by atoms with Crippen LogP contribution in [0.2, 0.25) is 5.02 Å². The van der Waals surface area contributed by atoms with Crippen molar-refractivity contribution in [2.24, 2.45) is 0 Å². The first-order valence-electron chi connectivity index (χ1n) is 12.4. The van der Waals surface area contributed by atoms with Gasteiger partial charge in [0.15, 0.2) is 0 Å². The normalized spacial score (nSPS) is 12.1. The van der Waals surface area contributed by atoms with Crippen LogP contribution < -0.4 is 9.62 Å². The number of nitrogens with one attached hydrogen (secondary N) is 1. The number of anilines is 1. The fourth-order valence-corrected chi connectivity index (χ4v) is 5.93. The van der Waals surface area contributed by atoms with Gasteiger partial charge >= 0.3 is 0 Å². The second-order valence-electron chi connectivity index (χ2n) is 9.30. The Morgan fingerprint density at radius 3 is 2.03 bits per heavy atom. The molecule has 0 aliphatic carbocycles. The molecule has 1 N–H and O–H groups in total. The molecule has 202 valence electrons. The summed E-state index contributed by atoms with van der Waals surface area (Å²) in [6.45, 7) is 7.06. The zero-order chi connectivity index (χ0) is 28.0. The van der Waals surface area contributed by atoms with Crippen molar-refractivity contribution in [3.63, 3.8) is 0 Å². The summed E-state index contributed by atoms with van der Waals surface area (Å²) in [4.78, 5) is 28.2. The van der Waals surface area contributed by atoms with E-state index < -0.39 is 28.5 Å². The molecular formula is C29H34ClN3O4S. The summed E-state index contributed by atoms with van der Waals surface area (Å²) in [5.74, 6) is -0.811. The van der Waals surface area contributed by atoms with Gasteiger partial charge in [-0.15, -0.1) is 0 Å². The molecule has 0 bridgehead atoms. The minimum absolute atomic E-state index is 0.0636. The highest BCUT2D eigenvalue weighted by atomic mass is 35.5. The van der Waals surface area contributed by atoms with Gasteiger partial charge in [0, 0.05) is 18.6 Å². The molecule has 38 heavy (non-hydrogen) atoms. The second-order valence-corrected chi connectivity index (χ2v) is 11.6. The molecule has 0 saturated heterocycles. The summed E-state index contributed by atoms with van der Waals surface area (Å²) in [5, 5.41) is 3.08. The van der Waals surface area contributed by atoms with Gasteiger partial charge in [-0.25, -0.2) is 8.42 Å². The number of nitrogens with zero attached hydrogens (tertiary/aromatic N) is 2. The molecule has 0 fully saturated rings. The highest BCUT2D eigenvalue weighted by Crippen LogP contribution is 2.29. The molecular weight excluding hydrogens is 522 g/mol. The zero-order valence-corrected chi connectivity index (χ0v) is 23.9. The topological polar surface area (TPSA) is 86.8 Å². The Morgan fingerprint density at radius 2 is 1.50 bits per heavy atom. The van der Waals surface area contributed by atoms with E-state index in [0.717, 1.165) is 21.0 Å². The van der Waals surface area contributed by atoms with Gasteiger partial charge in [0.05, 0.1) is 10.6 Å². The van der Waals surface area contributed by atoms with Crippen molar-refractivity contribution in [1.29, 1.82) is 0 Å². The van der Waals surface area contributed by atoms with Gasteiger partial charge < -0.3 is 10.2 Å². The van der Waals surface area contributed by atoms with Gasteiger partial charge in [-0.3, -0.25) is 13.9 Å². The molecule has 3 aromatic carbocycles. The lowest BCUT2D eigenvalue weighted by atomic mass is 10.1. The van der Waals surface area contributed by atoms with Gasteiger partial charge in [0.25, 0.3) is 10.0 Å². The molecule has 0 unspecified atom stereocenters. The molecule has 9 heteroatoms. The van der Waals surface area contributed by atoms with Gasteiger partial charge in [0.2, 0.25) is 11.8 Å². The van der Waals surface area contributed by atoms with E-state index >= 15 is 0 Å². The Kier molecular flexibility index (Phi) is 9.57. The minimum atomic E-state index is -4.13. The van der Waals surface area contributed by atoms with E-state index in [1.807, 2.05) is 45.0 Å². The van der Waals surface area contributed by atoms with Crippen LogP contribution in [0.3, 0.4) is 0 Å². The number of halogens is 1. The number of hydrogen-bond acceptors (Lipinski definition) is 4. The molecule has 2 amide bonds. The van der Waals surface area contributed by atoms with E-state index in [-0.39, 0.29) is 17.3 Å². The van der Waals surface area contributed by atoms with Crippen LogP contribution in [-0.4, -0.2) is 44.8 Å². The molecule has 0 aromatic heterocycles. The van der Waals surface area contributed by atoms with Crippen LogP contribution in [-0.2, 0) is 26.2 Å². The molecule has 1 atom stereocenters. The third kappa shape index (κ3) is 6.74. The van der Waals surface area contributed by atoms with Crippen molar-refractivity contribution in [3.05, 3.63) is 94.0 Å².